The first-order valence-electron chi connectivity index (χ1n) is 7.05. The van der Waals surface area contributed by atoms with E-state index in [1.54, 1.807) is 18.2 Å². The van der Waals surface area contributed by atoms with Gasteiger partial charge in [0.2, 0.25) is 5.69 Å². The lowest BCUT2D eigenvalue weighted by Gasteiger charge is -2.17. The minimum atomic E-state index is -1.04. The predicted molar refractivity (Wildman–Crippen MR) is 81.8 cm³/mol. The van der Waals surface area contributed by atoms with Crippen molar-refractivity contribution in [2.24, 2.45) is 0 Å². The molecule has 0 unspecified atom stereocenters. The Morgan fingerprint density at radius 2 is 2.18 bits per heavy atom. The van der Waals surface area contributed by atoms with Crippen LogP contribution in [0.1, 0.15) is 37.0 Å². The molecule has 0 aliphatic rings. The highest BCUT2D eigenvalue weighted by Crippen LogP contribution is 2.31. The lowest BCUT2D eigenvalue weighted by molar-refractivity contribution is 0.0697. The number of ether oxygens (including phenoxy) is 1. The van der Waals surface area contributed by atoms with Crippen molar-refractivity contribution in [3.63, 3.8) is 0 Å². The van der Waals surface area contributed by atoms with Crippen molar-refractivity contribution < 1.29 is 14.6 Å². The summed E-state index contributed by atoms with van der Waals surface area (Å²) in [5, 5.41) is 12.9. The minimum absolute atomic E-state index is 0.0784. The average Bonchev–Trinajstić information content (AvgIpc) is 3.02. The predicted octanol–water partition coefficient (Wildman–Crippen LogP) is 3.69. The van der Waals surface area contributed by atoms with E-state index in [2.05, 4.69) is 9.94 Å². The Morgan fingerprint density at radius 3 is 2.73 bits per heavy atom. The van der Waals surface area contributed by atoms with Gasteiger partial charge in [0.15, 0.2) is 0 Å². The van der Waals surface area contributed by atoms with E-state index in [4.69, 9.17) is 16.4 Å². The van der Waals surface area contributed by atoms with Gasteiger partial charge in [-0.25, -0.2) is 14.3 Å². The molecule has 0 aliphatic carbocycles. The zero-order valence-electron chi connectivity index (χ0n) is 12.5. The van der Waals surface area contributed by atoms with Crippen LogP contribution >= 0.6 is 0 Å². The highest BCUT2D eigenvalue weighted by molar-refractivity contribution is 5.87. The van der Waals surface area contributed by atoms with Crippen molar-refractivity contribution in [3.05, 3.63) is 47.6 Å². The molecule has 6 heteroatoms. The van der Waals surface area contributed by atoms with Crippen LogP contribution in [0.4, 0.5) is 5.69 Å². The topological polar surface area (TPSA) is 68.7 Å². The van der Waals surface area contributed by atoms with Gasteiger partial charge in [-0.05, 0) is 31.0 Å². The number of carbonyl (C=O) groups is 1. The minimum Gasteiger partial charge on any atom is -0.501 e. The molecule has 0 aliphatic heterocycles. The van der Waals surface area contributed by atoms with Crippen LogP contribution in [-0.2, 0) is 0 Å². The Hall–Kier alpha value is -2.81. The molecule has 2 aromatic rings. The second kappa shape index (κ2) is 6.76. The summed E-state index contributed by atoms with van der Waals surface area (Å²) < 4.78 is 7.26. The summed E-state index contributed by atoms with van der Waals surface area (Å²) in [6, 6.07) is 5.12. The lowest BCUT2D eigenvalue weighted by atomic mass is 10.2. The first-order chi connectivity index (χ1) is 10.6. The van der Waals surface area contributed by atoms with Gasteiger partial charge in [-0.3, -0.25) is 0 Å². The maximum Gasteiger partial charge on any atom is 0.338 e. The fraction of sp³-hybridized carbons (Fsp3) is 0.312. The monoisotopic (exact) mass is 299 g/mol. The molecule has 0 atom stereocenters. The van der Waals surface area contributed by atoms with Gasteiger partial charge in [0, 0.05) is 6.20 Å². The third-order valence-electron chi connectivity index (χ3n) is 3.36. The Kier molecular flexibility index (Phi) is 4.79. The molecule has 0 bridgehead atoms. The number of carboxylic acids is 1. The van der Waals surface area contributed by atoms with Crippen molar-refractivity contribution in [3.8, 4) is 11.4 Å². The molecule has 0 saturated heterocycles. The molecule has 1 aromatic heterocycles. The second-order valence-corrected chi connectivity index (χ2v) is 4.80. The molecule has 22 heavy (non-hydrogen) atoms. The molecule has 0 radical (unpaired) electrons. The number of aromatic nitrogens is 2. The summed E-state index contributed by atoms with van der Waals surface area (Å²) in [6.07, 6.45) is 4.50. The van der Waals surface area contributed by atoms with Gasteiger partial charge in [-0.1, -0.05) is 13.8 Å². The van der Waals surface area contributed by atoms with Crippen LogP contribution in [-0.4, -0.2) is 27.0 Å². The molecule has 0 amide bonds. The molecular formula is C16H17N3O3. The molecule has 1 heterocycles. The first-order valence-corrected chi connectivity index (χ1v) is 7.05. The summed E-state index contributed by atoms with van der Waals surface area (Å²) in [4.78, 5) is 14.4. The maximum atomic E-state index is 10.9. The first kappa shape index (κ1) is 15.6. The normalized spacial score (nSPS) is 10.5. The zero-order chi connectivity index (χ0) is 16.1. The SMILES string of the molecule is [C-]#[N+]c1cc(-n2cc(C(=O)O)cn2)ccc1OC(CC)CC. The number of rotatable bonds is 6. The van der Waals surface area contributed by atoms with E-state index in [1.165, 1.54) is 17.1 Å². The molecule has 0 saturated carbocycles. The average molecular weight is 299 g/mol. The largest absolute Gasteiger partial charge is 0.501 e. The van der Waals surface area contributed by atoms with Crippen LogP contribution in [0, 0.1) is 6.57 Å². The zero-order valence-corrected chi connectivity index (χ0v) is 12.5. The van der Waals surface area contributed by atoms with E-state index in [9.17, 15) is 4.79 Å². The second-order valence-electron chi connectivity index (χ2n) is 4.80. The van der Waals surface area contributed by atoms with Gasteiger partial charge in [-0.2, -0.15) is 5.10 Å². The highest BCUT2D eigenvalue weighted by Gasteiger charge is 2.12. The number of carboxylic acid groups (broad SMARTS) is 1. The van der Waals surface area contributed by atoms with E-state index in [0.29, 0.717) is 17.1 Å². The van der Waals surface area contributed by atoms with Gasteiger partial charge in [0.1, 0.15) is 5.75 Å². The van der Waals surface area contributed by atoms with E-state index in [1.807, 2.05) is 13.8 Å². The van der Waals surface area contributed by atoms with Crippen molar-refractivity contribution in [2.45, 2.75) is 32.8 Å². The summed E-state index contributed by atoms with van der Waals surface area (Å²) in [5.41, 5.74) is 1.11. The molecular weight excluding hydrogens is 282 g/mol. The van der Waals surface area contributed by atoms with Crippen LogP contribution in [0.3, 0.4) is 0 Å². The third-order valence-corrected chi connectivity index (χ3v) is 3.36. The number of aromatic carboxylic acids is 1. The molecule has 0 spiro atoms. The summed E-state index contributed by atoms with van der Waals surface area (Å²) >= 11 is 0. The van der Waals surface area contributed by atoms with Crippen molar-refractivity contribution in [1.82, 2.24) is 9.78 Å². The Morgan fingerprint density at radius 1 is 1.45 bits per heavy atom. The van der Waals surface area contributed by atoms with E-state index in [0.717, 1.165) is 12.8 Å². The van der Waals surface area contributed by atoms with Gasteiger partial charge in [0.05, 0.1) is 30.1 Å². The Labute approximate surface area is 128 Å². The Balaban J connectivity index is 2.32. The fourth-order valence-corrected chi connectivity index (χ4v) is 2.04. The van der Waals surface area contributed by atoms with E-state index >= 15 is 0 Å². The fourth-order valence-electron chi connectivity index (χ4n) is 2.04. The standard InChI is InChI=1S/C16H17N3O3/c1-4-13(5-2)22-15-7-6-12(8-14(15)17-3)19-10-11(9-18-19)16(20)21/h6-10,13H,4-5H2,1-2H3,(H,20,21). The van der Waals surface area contributed by atoms with E-state index < -0.39 is 5.97 Å². The quantitative estimate of drug-likeness (QED) is 0.826. The maximum absolute atomic E-state index is 10.9. The van der Waals surface area contributed by atoms with Crippen molar-refractivity contribution in [1.29, 1.82) is 0 Å². The molecule has 6 nitrogen and oxygen atoms in total. The number of hydrogen-bond acceptors (Lipinski definition) is 3. The van der Waals surface area contributed by atoms with Gasteiger partial charge in [0.25, 0.3) is 0 Å². The van der Waals surface area contributed by atoms with Crippen molar-refractivity contribution >= 4 is 11.7 Å². The van der Waals surface area contributed by atoms with Crippen LogP contribution in [0.2, 0.25) is 0 Å². The van der Waals surface area contributed by atoms with E-state index in [-0.39, 0.29) is 11.7 Å². The third kappa shape index (κ3) is 3.26. The van der Waals surface area contributed by atoms with Crippen molar-refractivity contribution in [2.75, 3.05) is 0 Å². The molecule has 1 aromatic carbocycles. The molecule has 1 N–H and O–H groups in total. The van der Waals surface area contributed by atoms with Crippen LogP contribution in [0.5, 0.6) is 5.75 Å². The highest BCUT2D eigenvalue weighted by atomic mass is 16.5. The smallest absolute Gasteiger partial charge is 0.338 e. The van der Waals surface area contributed by atoms with Crippen LogP contribution in [0.25, 0.3) is 10.5 Å². The lowest BCUT2D eigenvalue weighted by Crippen LogP contribution is -2.13. The van der Waals surface area contributed by atoms with Gasteiger partial charge < -0.3 is 9.84 Å². The van der Waals surface area contributed by atoms with Crippen LogP contribution in [0.15, 0.2) is 30.6 Å². The number of benzene rings is 1. The van der Waals surface area contributed by atoms with Gasteiger partial charge in [-0.15, -0.1) is 0 Å². The van der Waals surface area contributed by atoms with Gasteiger partial charge >= 0.3 is 5.97 Å². The van der Waals surface area contributed by atoms with Crippen LogP contribution < -0.4 is 4.74 Å². The summed E-state index contributed by atoms with van der Waals surface area (Å²) in [5.74, 6) is -0.497. The molecule has 2 rings (SSSR count). The molecule has 0 fully saturated rings. The molecule has 114 valence electrons. The Bertz CT molecular complexity index is 712. The number of hydrogen-bond donors (Lipinski definition) is 1. The summed E-state index contributed by atoms with van der Waals surface area (Å²) in [7, 11) is 0. The number of nitrogens with zero attached hydrogens (tertiary/aromatic N) is 3. The summed E-state index contributed by atoms with van der Waals surface area (Å²) in [6.45, 7) is 11.4.